The van der Waals surface area contributed by atoms with Gasteiger partial charge in [-0.15, -0.1) is 11.3 Å². The Labute approximate surface area is 105 Å². The van der Waals surface area contributed by atoms with Crippen LogP contribution >= 0.6 is 11.3 Å². The molecule has 2 heterocycles. The summed E-state index contributed by atoms with van der Waals surface area (Å²) in [7, 11) is 0. The fourth-order valence-corrected chi connectivity index (χ4v) is 3.53. The molecule has 0 radical (unpaired) electrons. The number of fused-ring (bicyclic) bond motifs is 1. The molecule has 2 saturated carbocycles. The highest BCUT2D eigenvalue weighted by atomic mass is 32.1. The maximum absolute atomic E-state index is 4.40. The van der Waals surface area contributed by atoms with Crippen LogP contribution in [0.4, 0.5) is 5.69 Å². The summed E-state index contributed by atoms with van der Waals surface area (Å²) < 4.78 is 1.32. The van der Waals surface area contributed by atoms with Gasteiger partial charge in [-0.3, -0.25) is 4.98 Å². The summed E-state index contributed by atoms with van der Waals surface area (Å²) >= 11 is 1.80. The molecule has 0 amide bonds. The summed E-state index contributed by atoms with van der Waals surface area (Å²) in [5.74, 6) is 1.87. The monoisotopic (exact) mass is 244 g/mol. The van der Waals surface area contributed by atoms with E-state index in [1.807, 2.05) is 6.20 Å². The number of nitrogens with zero attached hydrogens (tertiary/aromatic N) is 1. The van der Waals surface area contributed by atoms with Crippen molar-refractivity contribution in [3.8, 4) is 0 Å². The van der Waals surface area contributed by atoms with E-state index in [2.05, 4.69) is 27.8 Å². The van der Waals surface area contributed by atoms with Crippen molar-refractivity contribution in [2.75, 3.05) is 5.32 Å². The van der Waals surface area contributed by atoms with Crippen molar-refractivity contribution in [3.05, 3.63) is 23.7 Å². The van der Waals surface area contributed by atoms with Gasteiger partial charge in [0.05, 0.1) is 15.9 Å². The molecule has 1 N–H and O–H groups in total. The number of aromatic nitrogens is 1. The molecule has 2 aliphatic rings. The first-order chi connectivity index (χ1) is 8.42. The van der Waals surface area contributed by atoms with Gasteiger partial charge in [0.1, 0.15) is 0 Å². The Balaban J connectivity index is 1.66. The first kappa shape index (κ1) is 9.89. The molecule has 0 spiro atoms. The summed E-state index contributed by atoms with van der Waals surface area (Å²) in [6.07, 6.45) is 7.62. The van der Waals surface area contributed by atoms with Gasteiger partial charge in [-0.25, -0.2) is 0 Å². The zero-order chi connectivity index (χ0) is 11.2. The van der Waals surface area contributed by atoms with Gasteiger partial charge >= 0.3 is 0 Å². The average molecular weight is 244 g/mol. The molecule has 0 atom stereocenters. The van der Waals surface area contributed by atoms with E-state index in [4.69, 9.17) is 0 Å². The van der Waals surface area contributed by atoms with Crippen molar-refractivity contribution < 1.29 is 0 Å². The van der Waals surface area contributed by atoms with E-state index >= 15 is 0 Å². The molecule has 2 fully saturated rings. The molecule has 0 saturated heterocycles. The summed E-state index contributed by atoms with van der Waals surface area (Å²) in [6, 6.07) is 4.97. The highest BCUT2D eigenvalue weighted by Gasteiger charge is 2.41. The molecule has 17 heavy (non-hydrogen) atoms. The second-order valence-corrected chi connectivity index (χ2v) is 6.25. The van der Waals surface area contributed by atoms with E-state index in [0.29, 0.717) is 0 Å². The number of nitrogens with one attached hydrogen (secondary N) is 1. The lowest BCUT2D eigenvalue weighted by molar-refractivity contribution is 0.568. The number of pyridine rings is 1. The molecule has 2 aromatic heterocycles. The third-order valence-corrected chi connectivity index (χ3v) is 4.86. The van der Waals surface area contributed by atoms with E-state index in [1.54, 1.807) is 11.3 Å². The van der Waals surface area contributed by atoms with Gasteiger partial charge in [0, 0.05) is 12.2 Å². The lowest BCUT2D eigenvalue weighted by Gasteiger charge is -2.19. The topological polar surface area (TPSA) is 24.9 Å². The number of hydrogen-bond acceptors (Lipinski definition) is 3. The van der Waals surface area contributed by atoms with Crippen LogP contribution in [-0.4, -0.2) is 11.0 Å². The third-order valence-electron chi connectivity index (χ3n) is 3.93. The maximum Gasteiger partial charge on any atom is 0.0830 e. The zero-order valence-electron chi connectivity index (χ0n) is 9.73. The Kier molecular flexibility index (Phi) is 2.15. The van der Waals surface area contributed by atoms with Crippen molar-refractivity contribution >= 4 is 27.2 Å². The van der Waals surface area contributed by atoms with Crippen molar-refractivity contribution in [1.82, 2.24) is 4.98 Å². The van der Waals surface area contributed by atoms with E-state index in [0.717, 1.165) is 23.4 Å². The highest BCUT2D eigenvalue weighted by molar-refractivity contribution is 7.17. The van der Waals surface area contributed by atoms with Gasteiger partial charge < -0.3 is 5.32 Å². The molecule has 88 valence electrons. The van der Waals surface area contributed by atoms with Crippen LogP contribution in [0.3, 0.4) is 0 Å². The predicted molar refractivity (Wildman–Crippen MR) is 72.5 cm³/mol. The fraction of sp³-hybridized carbons (Fsp3) is 0.500. The minimum Gasteiger partial charge on any atom is -0.381 e. The van der Waals surface area contributed by atoms with E-state index in [9.17, 15) is 0 Å². The van der Waals surface area contributed by atoms with Gasteiger partial charge in [-0.05, 0) is 55.0 Å². The molecule has 3 heteroatoms. The normalized spacial score (nSPS) is 20.1. The summed E-state index contributed by atoms with van der Waals surface area (Å²) in [5.41, 5.74) is 2.43. The Morgan fingerprint density at radius 1 is 1.18 bits per heavy atom. The van der Waals surface area contributed by atoms with Crippen LogP contribution in [0.1, 0.15) is 25.7 Å². The lowest BCUT2D eigenvalue weighted by atomic mass is 10.1. The Morgan fingerprint density at radius 3 is 2.65 bits per heavy atom. The van der Waals surface area contributed by atoms with Crippen molar-refractivity contribution in [2.24, 2.45) is 11.8 Å². The molecule has 4 rings (SSSR count). The number of anilines is 1. The van der Waals surface area contributed by atoms with Crippen molar-refractivity contribution in [1.29, 1.82) is 0 Å². The Bertz CT molecular complexity index is 528. The van der Waals surface area contributed by atoms with Crippen LogP contribution in [-0.2, 0) is 0 Å². The second kappa shape index (κ2) is 3.70. The summed E-state index contributed by atoms with van der Waals surface area (Å²) in [4.78, 5) is 4.40. The first-order valence-electron chi connectivity index (χ1n) is 6.50. The van der Waals surface area contributed by atoms with Crippen LogP contribution < -0.4 is 5.32 Å². The van der Waals surface area contributed by atoms with Gasteiger partial charge in [0.25, 0.3) is 0 Å². The molecule has 0 aliphatic heterocycles. The van der Waals surface area contributed by atoms with Crippen LogP contribution in [0.15, 0.2) is 23.7 Å². The van der Waals surface area contributed by atoms with Gasteiger partial charge in [-0.1, -0.05) is 0 Å². The molecule has 0 bridgehead atoms. The maximum atomic E-state index is 4.40. The van der Waals surface area contributed by atoms with E-state index in [1.165, 1.54) is 36.1 Å². The Hall–Kier alpha value is -1.09. The smallest absolute Gasteiger partial charge is 0.0830 e. The summed E-state index contributed by atoms with van der Waals surface area (Å²) in [5, 5.41) is 5.93. The SMILES string of the molecule is c1cc(NC(C2CC2)C2CC2)c2sccc2n1. The first-order valence-corrected chi connectivity index (χ1v) is 7.38. The minimum absolute atomic E-state index is 0.725. The highest BCUT2D eigenvalue weighted by Crippen LogP contribution is 2.46. The third kappa shape index (κ3) is 1.82. The van der Waals surface area contributed by atoms with Crippen molar-refractivity contribution in [2.45, 2.75) is 31.7 Å². The number of thiophene rings is 1. The molecular weight excluding hydrogens is 228 g/mol. The summed E-state index contributed by atoms with van der Waals surface area (Å²) in [6.45, 7) is 0. The van der Waals surface area contributed by atoms with Gasteiger partial charge in [0.15, 0.2) is 0 Å². The average Bonchev–Trinajstić information content (AvgIpc) is 3.25. The predicted octanol–water partition coefficient (Wildman–Crippen LogP) is 3.90. The lowest BCUT2D eigenvalue weighted by Crippen LogP contribution is -2.24. The molecule has 2 nitrogen and oxygen atoms in total. The molecular formula is C14H16N2S. The number of rotatable bonds is 4. The second-order valence-electron chi connectivity index (χ2n) is 5.34. The number of hydrogen-bond donors (Lipinski definition) is 1. The van der Waals surface area contributed by atoms with Gasteiger partial charge in [-0.2, -0.15) is 0 Å². The van der Waals surface area contributed by atoms with Crippen LogP contribution in [0, 0.1) is 11.8 Å². The molecule has 0 unspecified atom stereocenters. The standard InChI is InChI=1S/C14H16N2S/c1-2-9(1)13(10-3-4-10)16-12-5-7-15-11-6-8-17-14(11)12/h5-10,13H,1-4H2,(H,15,16). The van der Waals surface area contributed by atoms with Crippen molar-refractivity contribution in [3.63, 3.8) is 0 Å². The molecule has 0 aromatic carbocycles. The molecule has 2 aromatic rings. The zero-order valence-corrected chi connectivity index (χ0v) is 10.5. The van der Waals surface area contributed by atoms with Crippen LogP contribution in [0.25, 0.3) is 10.2 Å². The van der Waals surface area contributed by atoms with Crippen LogP contribution in [0.2, 0.25) is 0 Å². The van der Waals surface area contributed by atoms with Gasteiger partial charge in [0.2, 0.25) is 0 Å². The minimum atomic E-state index is 0.725. The largest absolute Gasteiger partial charge is 0.381 e. The Morgan fingerprint density at radius 2 is 1.94 bits per heavy atom. The van der Waals surface area contributed by atoms with E-state index in [-0.39, 0.29) is 0 Å². The van der Waals surface area contributed by atoms with E-state index < -0.39 is 0 Å². The fourth-order valence-electron chi connectivity index (χ4n) is 2.70. The quantitative estimate of drug-likeness (QED) is 0.882. The molecule has 2 aliphatic carbocycles. The van der Waals surface area contributed by atoms with Crippen LogP contribution in [0.5, 0.6) is 0 Å².